The number of hydrogen-bond acceptors (Lipinski definition) is 2. The quantitative estimate of drug-likeness (QED) is 0.781. The Morgan fingerprint density at radius 2 is 2.24 bits per heavy atom. The number of rotatable bonds is 2. The SMILES string of the molecule is Cc1nn(C)c(Cl)c1CN1CCC(C)C(Br)C1. The van der Waals surface area contributed by atoms with Crippen LogP contribution in [0.5, 0.6) is 0 Å². The number of alkyl halides is 1. The summed E-state index contributed by atoms with van der Waals surface area (Å²) in [5, 5.41) is 5.13. The number of hydrogen-bond donors (Lipinski definition) is 0. The second-order valence-electron chi connectivity index (χ2n) is 5.00. The molecular weight excluding hydrogens is 302 g/mol. The van der Waals surface area contributed by atoms with E-state index in [9.17, 15) is 0 Å². The highest BCUT2D eigenvalue weighted by Gasteiger charge is 2.25. The van der Waals surface area contributed by atoms with Gasteiger partial charge in [0.2, 0.25) is 0 Å². The molecule has 0 radical (unpaired) electrons. The summed E-state index contributed by atoms with van der Waals surface area (Å²) in [6.07, 6.45) is 1.24. The predicted molar refractivity (Wildman–Crippen MR) is 74.7 cm³/mol. The molecule has 1 aromatic heterocycles. The highest BCUT2D eigenvalue weighted by molar-refractivity contribution is 9.09. The fourth-order valence-corrected chi connectivity index (χ4v) is 3.21. The third kappa shape index (κ3) is 2.85. The van der Waals surface area contributed by atoms with E-state index in [-0.39, 0.29) is 0 Å². The smallest absolute Gasteiger partial charge is 0.131 e. The fourth-order valence-electron chi connectivity index (χ4n) is 2.31. The van der Waals surface area contributed by atoms with Gasteiger partial charge in [-0.25, -0.2) is 0 Å². The number of aromatic nitrogens is 2. The molecular formula is C12H19BrClN3. The van der Waals surface area contributed by atoms with E-state index in [1.165, 1.54) is 12.0 Å². The van der Waals surface area contributed by atoms with Gasteiger partial charge in [-0.15, -0.1) is 0 Å². The molecule has 1 aliphatic heterocycles. The van der Waals surface area contributed by atoms with Gasteiger partial charge in [0.25, 0.3) is 0 Å². The van der Waals surface area contributed by atoms with Gasteiger partial charge < -0.3 is 0 Å². The molecule has 96 valence electrons. The average molecular weight is 321 g/mol. The predicted octanol–water partition coefficient (Wildman–Crippen LogP) is 2.99. The zero-order chi connectivity index (χ0) is 12.6. The van der Waals surface area contributed by atoms with Crippen molar-refractivity contribution in [3.8, 4) is 0 Å². The average Bonchev–Trinajstić information content (AvgIpc) is 2.50. The molecule has 3 nitrogen and oxygen atoms in total. The maximum Gasteiger partial charge on any atom is 0.131 e. The summed E-state index contributed by atoms with van der Waals surface area (Å²) < 4.78 is 1.75. The molecule has 1 fully saturated rings. The van der Waals surface area contributed by atoms with E-state index in [0.29, 0.717) is 4.83 Å². The Hall–Kier alpha value is -0.0600. The minimum Gasteiger partial charge on any atom is -0.298 e. The molecule has 0 aliphatic carbocycles. The number of nitrogens with zero attached hydrogens (tertiary/aromatic N) is 3. The van der Waals surface area contributed by atoms with E-state index in [1.54, 1.807) is 4.68 Å². The van der Waals surface area contributed by atoms with Gasteiger partial charge in [0, 0.05) is 30.5 Å². The molecule has 1 aliphatic rings. The standard InChI is InChI=1S/C12H19BrClN3/c1-8-4-5-17(7-11(8)13)6-10-9(2)15-16(3)12(10)14/h8,11H,4-7H2,1-3H3. The molecule has 0 spiro atoms. The molecule has 17 heavy (non-hydrogen) atoms. The van der Waals surface area contributed by atoms with E-state index < -0.39 is 0 Å². The monoisotopic (exact) mass is 319 g/mol. The first kappa shape index (κ1) is 13.4. The highest BCUT2D eigenvalue weighted by atomic mass is 79.9. The van der Waals surface area contributed by atoms with Crippen LogP contribution >= 0.6 is 27.5 Å². The summed E-state index contributed by atoms with van der Waals surface area (Å²) in [5.74, 6) is 0.761. The maximum atomic E-state index is 6.26. The van der Waals surface area contributed by atoms with Crippen LogP contribution in [0.1, 0.15) is 24.6 Å². The van der Waals surface area contributed by atoms with Crippen molar-refractivity contribution in [2.45, 2.75) is 31.6 Å². The summed E-state index contributed by atoms with van der Waals surface area (Å²) in [5.41, 5.74) is 2.21. The summed E-state index contributed by atoms with van der Waals surface area (Å²) >= 11 is 10.0. The van der Waals surface area contributed by atoms with Gasteiger partial charge >= 0.3 is 0 Å². The second-order valence-corrected chi connectivity index (χ2v) is 6.53. The van der Waals surface area contributed by atoms with Crippen molar-refractivity contribution >= 4 is 27.5 Å². The molecule has 2 atom stereocenters. The van der Waals surface area contributed by atoms with Crippen LogP contribution in [0.15, 0.2) is 0 Å². The Morgan fingerprint density at radius 1 is 1.53 bits per heavy atom. The van der Waals surface area contributed by atoms with Gasteiger partial charge in [0.15, 0.2) is 0 Å². The van der Waals surface area contributed by atoms with Crippen LogP contribution in [0.2, 0.25) is 5.15 Å². The molecule has 5 heteroatoms. The van der Waals surface area contributed by atoms with E-state index in [0.717, 1.165) is 36.4 Å². The lowest BCUT2D eigenvalue weighted by Gasteiger charge is -2.34. The van der Waals surface area contributed by atoms with Crippen LogP contribution in [0.4, 0.5) is 0 Å². The van der Waals surface area contributed by atoms with Crippen molar-refractivity contribution in [1.29, 1.82) is 0 Å². The molecule has 0 aromatic carbocycles. The van der Waals surface area contributed by atoms with Gasteiger partial charge in [-0.05, 0) is 25.8 Å². The topological polar surface area (TPSA) is 21.1 Å². The first-order valence-corrected chi connectivity index (χ1v) is 7.32. The maximum absolute atomic E-state index is 6.26. The van der Waals surface area contributed by atoms with Crippen molar-refractivity contribution in [1.82, 2.24) is 14.7 Å². The molecule has 0 N–H and O–H groups in total. The molecule has 0 saturated carbocycles. The summed E-state index contributed by atoms with van der Waals surface area (Å²) in [6.45, 7) is 7.48. The van der Waals surface area contributed by atoms with Crippen LogP contribution in [-0.4, -0.2) is 32.6 Å². The number of aryl methyl sites for hydroxylation is 2. The summed E-state index contributed by atoms with van der Waals surface area (Å²) in [7, 11) is 1.89. The van der Waals surface area contributed by atoms with Gasteiger partial charge in [0.05, 0.1) is 5.69 Å². The normalized spacial score (nSPS) is 26.4. The lowest BCUT2D eigenvalue weighted by atomic mass is 9.99. The lowest BCUT2D eigenvalue weighted by molar-refractivity contribution is 0.193. The van der Waals surface area contributed by atoms with E-state index >= 15 is 0 Å². The molecule has 0 bridgehead atoms. The van der Waals surface area contributed by atoms with Crippen LogP contribution in [0, 0.1) is 12.8 Å². The largest absolute Gasteiger partial charge is 0.298 e. The van der Waals surface area contributed by atoms with Crippen molar-refractivity contribution < 1.29 is 0 Å². The van der Waals surface area contributed by atoms with Crippen LogP contribution in [-0.2, 0) is 13.6 Å². The first-order valence-electron chi connectivity index (χ1n) is 6.03. The third-order valence-electron chi connectivity index (χ3n) is 3.60. The Labute approximate surface area is 116 Å². The molecule has 0 amide bonds. The van der Waals surface area contributed by atoms with E-state index in [1.807, 2.05) is 14.0 Å². The highest BCUT2D eigenvalue weighted by Crippen LogP contribution is 2.27. The fraction of sp³-hybridized carbons (Fsp3) is 0.750. The lowest BCUT2D eigenvalue weighted by Crippen LogP contribution is -2.39. The summed E-state index contributed by atoms with van der Waals surface area (Å²) in [4.78, 5) is 3.04. The number of piperidine rings is 1. The third-order valence-corrected chi connectivity index (χ3v) is 5.27. The van der Waals surface area contributed by atoms with Crippen molar-refractivity contribution in [3.05, 3.63) is 16.4 Å². The van der Waals surface area contributed by atoms with Crippen LogP contribution in [0.25, 0.3) is 0 Å². The van der Waals surface area contributed by atoms with Gasteiger partial charge in [-0.1, -0.05) is 34.5 Å². The molecule has 2 unspecified atom stereocenters. The van der Waals surface area contributed by atoms with E-state index in [2.05, 4.69) is 32.9 Å². The Balaban J connectivity index is 2.06. The summed E-state index contributed by atoms with van der Waals surface area (Å²) in [6, 6.07) is 0. The number of likely N-dealkylation sites (tertiary alicyclic amines) is 1. The minimum absolute atomic E-state index is 0.590. The molecule has 1 saturated heterocycles. The molecule has 2 heterocycles. The Morgan fingerprint density at radius 3 is 2.76 bits per heavy atom. The van der Waals surface area contributed by atoms with Gasteiger partial charge in [-0.2, -0.15) is 5.10 Å². The Bertz CT molecular complexity index is 405. The van der Waals surface area contributed by atoms with Crippen molar-refractivity contribution in [2.75, 3.05) is 13.1 Å². The van der Waals surface area contributed by atoms with Crippen molar-refractivity contribution in [2.24, 2.45) is 13.0 Å². The minimum atomic E-state index is 0.590. The van der Waals surface area contributed by atoms with Crippen molar-refractivity contribution in [3.63, 3.8) is 0 Å². The zero-order valence-corrected chi connectivity index (χ0v) is 12.9. The first-order chi connectivity index (χ1) is 7.99. The van der Waals surface area contributed by atoms with Crippen LogP contribution < -0.4 is 0 Å². The molecule has 2 rings (SSSR count). The second kappa shape index (κ2) is 5.29. The number of halogens is 2. The molecule has 1 aromatic rings. The van der Waals surface area contributed by atoms with E-state index in [4.69, 9.17) is 11.6 Å². The zero-order valence-electron chi connectivity index (χ0n) is 10.6. The van der Waals surface area contributed by atoms with Gasteiger partial charge in [0.1, 0.15) is 5.15 Å². The Kier molecular flexibility index (Phi) is 4.16. The van der Waals surface area contributed by atoms with Crippen LogP contribution in [0.3, 0.4) is 0 Å². The van der Waals surface area contributed by atoms with Gasteiger partial charge in [-0.3, -0.25) is 9.58 Å².